The van der Waals surface area contributed by atoms with E-state index in [1.54, 1.807) is 6.07 Å². The first-order valence-corrected chi connectivity index (χ1v) is 8.83. The second-order valence-electron chi connectivity index (χ2n) is 5.66. The molecule has 0 radical (unpaired) electrons. The van der Waals surface area contributed by atoms with Gasteiger partial charge in [0.05, 0.1) is 0 Å². The van der Waals surface area contributed by atoms with Crippen LogP contribution in [0.15, 0.2) is 41.0 Å². The van der Waals surface area contributed by atoms with E-state index in [9.17, 15) is 9.18 Å². The second-order valence-corrected chi connectivity index (χ2v) is 7.84. The van der Waals surface area contributed by atoms with Crippen LogP contribution in [0.1, 0.15) is 26.7 Å². The first-order valence-electron chi connectivity index (χ1n) is 7.12. The summed E-state index contributed by atoms with van der Waals surface area (Å²) in [7, 11) is 0. The van der Waals surface area contributed by atoms with Gasteiger partial charge in [-0.1, -0.05) is 0 Å². The van der Waals surface area contributed by atoms with E-state index in [4.69, 9.17) is 0 Å². The number of hydrogen-bond acceptors (Lipinski definition) is 2. The fourth-order valence-electron chi connectivity index (χ4n) is 2.20. The van der Waals surface area contributed by atoms with Crippen molar-refractivity contribution in [2.75, 3.05) is 0 Å². The molecule has 21 heavy (non-hydrogen) atoms. The normalized spacial score (nSPS) is 20.6. The molecule has 0 aromatic heterocycles. The predicted octanol–water partition coefficient (Wildman–Crippen LogP) is 2.06. The number of aliphatic imine (C=N–C) groups is 1. The molecule has 0 saturated heterocycles. The summed E-state index contributed by atoms with van der Waals surface area (Å²) in [5.41, 5.74) is 0.546. The second kappa shape index (κ2) is 5.74. The molecule has 5 heteroatoms. The van der Waals surface area contributed by atoms with Gasteiger partial charge in [0.15, 0.2) is 0 Å². The minimum atomic E-state index is -0.241. The van der Waals surface area contributed by atoms with Gasteiger partial charge >= 0.3 is 130 Å². The van der Waals surface area contributed by atoms with Crippen molar-refractivity contribution in [3.8, 4) is 0 Å². The van der Waals surface area contributed by atoms with Gasteiger partial charge in [0.2, 0.25) is 0 Å². The minimum absolute atomic E-state index is 0.0134. The quantitative estimate of drug-likeness (QED) is 0.604. The SMILES string of the molecule is CC(C)/C=C1\N=C([Se]c2cccc(F)c2)N(C2CC2)C1=O. The first kappa shape index (κ1) is 14.5. The standard InChI is InChI=1S/C16H17FN2OSe/c1-10(2)8-14-15(20)19(12-6-7-12)16(18-14)21-13-5-3-4-11(17)9-13/h3-5,8-10,12H,6-7H2,1-2H3/b14-8-. The number of hydrogen-bond donors (Lipinski definition) is 0. The zero-order valence-electron chi connectivity index (χ0n) is 12.0. The molecule has 1 amide bonds. The molecule has 0 unspecified atom stereocenters. The summed E-state index contributed by atoms with van der Waals surface area (Å²) < 4.78 is 15.0. The predicted molar refractivity (Wildman–Crippen MR) is 82.0 cm³/mol. The first-order chi connectivity index (χ1) is 10.0. The van der Waals surface area contributed by atoms with Crippen molar-refractivity contribution in [1.82, 2.24) is 4.90 Å². The molecule has 1 fully saturated rings. The zero-order valence-corrected chi connectivity index (χ0v) is 13.8. The van der Waals surface area contributed by atoms with E-state index < -0.39 is 0 Å². The van der Waals surface area contributed by atoms with E-state index in [0.717, 1.165) is 22.0 Å². The average Bonchev–Trinajstić information content (AvgIpc) is 3.18. The van der Waals surface area contributed by atoms with Crippen LogP contribution in [0.3, 0.4) is 0 Å². The van der Waals surface area contributed by atoms with Gasteiger partial charge in [-0.05, 0) is 0 Å². The topological polar surface area (TPSA) is 32.7 Å². The Kier molecular flexibility index (Phi) is 3.96. The molecule has 1 aromatic rings. The number of rotatable bonds is 4. The molecule has 2 aliphatic rings. The van der Waals surface area contributed by atoms with Crippen molar-refractivity contribution in [2.45, 2.75) is 32.7 Å². The Balaban J connectivity index is 1.88. The van der Waals surface area contributed by atoms with Crippen LogP contribution in [0.5, 0.6) is 0 Å². The Hall–Kier alpha value is -1.45. The average molecular weight is 351 g/mol. The number of allylic oxidation sites excluding steroid dienone is 1. The summed E-state index contributed by atoms with van der Waals surface area (Å²) >= 11 is -0.146. The van der Waals surface area contributed by atoms with Crippen molar-refractivity contribution in [1.29, 1.82) is 0 Å². The van der Waals surface area contributed by atoms with Crippen molar-refractivity contribution in [2.24, 2.45) is 10.9 Å². The molecular formula is C16H17FN2OSe. The van der Waals surface area contributed by atoms with Gasteiger partial charge in [0, 0.05) is 0 Å². The summed E-state index contributed by atoms with van der Waals surface area (Å²) in [5.74, 6) is 0.0597. The third-order valence-electron chi connectivity index (χ3n) is 3.27. The van der Waals surface area contributed by atoms with Crippen LogP contribution in [-0.2, 0) is 4.79 Å². The maximum absolute atomic E-state index is 13.3. The third kappa shape index (κ3) is 3.25. The summed E-state index contributed by atoms with van der Waals surface area (Å²) in [6, 6.07) is 6.86. The molecule has 3 nitrogen and oxygen atoms in total. The van der Waals surface area contributed by atoms with E-state index in [2.05, 4.69) is 4.99 Å². The van der Waals surface area contributed by atoms with Gasteiger partial charge < -0.3 is 0 Å². The fourth-order valence-corrected chi connectivity index (χ4v) is 4.31. The number of nitrogens with zero attached hydrogens (tertiary/aromatic N) is 2. The van der Waals surface area contributed by atoms with Gasteiger partial charge in [-0.3, -0.25) is 0 Å². The molecule has 0 atom stereocenters. The van der Waals surface area contributed by atoms with Gasteiger partial charge in [-0.15, -0.1) is 0 Å². The molecule has 1 saturated carbocycles. The number of benzene rings is 1. The molecule has 0 bridgehead atoms. The summed E-state index contributed by atoms with van der Waals surface area (Å²) in [6.45, 7) is 4.07. The van der Waals surface area contributed by atoms with Crippen LogP contribution in [-0.4, -0.2) is 36.5 Å². The molecule has 3 rings (SSSR count). The van der Waals surface area contributed by atoms with Gasteiger partial charge in [0.25, 0.3) is 0 Å². The number of halogens is 1. The van der Waals surface area contributed by atoms with Crippen LogP contribution in [0, 0.1) is 11.7 Å². The Labute approximate surface area is 130 Å². The zero-order chi connectivity index (χ0) is 15.0. The molecule has 1 aromatic carbocycles. The molecule has 1 aliphatic carbocycles. The number of carbonyl (C=O) groups is 1. The molecule has 110 valence electrons. The van der Waals surface area contributed by atoms with Crippen LogP contribution in [0.4, 0.5) is 4.39 Å². The Morgan fingerprint density at radius 3 is 2.81 bits per heavy atom. The molecular weight excluding hydrogens is 334 g/mol. The van der Waals surface area contributed by atoms with Crippen molar-refractivity contribution < 1.29 is 9.18 Å². The number of amidine groups is 1. The van der Waals surface area contributed by atoms with Crippen molar-refractivity contribution >= 4 is 30.1 Å². The Morgan fingerprint density at radius 1 is 1.43 bits per heavy atom. The monoisotopic (exact) mass is 352 g/mol. The Morgan fingerprint density at radius 2 is 2.19 bits per heavy atom. The van der Waals surface area contributed by atoms with Crippen molar-refractivity contribution in [3.05, 3.63) is 41.9 Å². The van der Waals surface area contributed by atoms with Crippen LogP contribution in [0.25, 0.3) is 0 Å². The van der Waals surface area contributed by atoms with E-state index >= 15 is 0 Å². The van der Waals surface area contributed by atoms with Crippen molar-refractivity contribution in [3.63, 3.8) is 0 Å². The Bertz CT molecular complexity index is 635. The molecule has 1 heterocycles. The van der Waals surface area contributed by atoms with Crippen LogP contribution in [0.2, 0.25) is 0 Å². The van der Waals surface area contributed by atoms with Gasteiger partial charge in [0.1, 0.15) is 0 Å². The van der Waals surface area contributed by atoms with E-state index in [1.165, 1.54) is 12.1 Å². The summed E-state index contributed by atoms with van der Waals surface area (Å²) in [6.07, 6.45) is 3.99. The fraction of sp³-hybridized carbons (Fsp3) is 0.375. The molecule has 1 aliphatic heterocycles. The third-order valence-corrected chi connectivity index (χ3v) is 5.28. The van der Waals surface area contributed by atoms with Crippen LogP contribution < -0.4 is 4.46 Å². The number of amides is 1. The van der Waals surface area contributed by atoms with E-state index in [-0.39, 0.29) is 32.6 Å². The number of carbonyl (C=O) groups excluding carboxylic acids is 1. The summed E-state index contributed by atoms with van der Waals surface area (Å²) in [5, 5.41) is 0. The van der Waals surface area contributed by atoms with Gasteiger partial charge in [-0.2, -0.15) is 0 Å². The molecule has 0 spiro atoms. The van der Waals surface area contributed by atoms with E-state index in [0.29, 0.717) is 11.7 Å². The van der Waals surface area contributed by atoms with E-state index in [1.807, 2.05) is 30.9 Å². The van der Waals surface area contributed by atoms with Crippen LogP contribution >= 0.6 is 0 Å². The maximum atomic E-state index is 13.3. The molecule has 0 N–H and O–H groups in total. The van der Waals surface area contributed by atoms with Gasteiger partial charge in [-0.25, -0.2) is 0 Å². The summed E-state index contributed by atoms with van der Waals surface area (Å²) in [4.78, 5) is 18.8.